The number of aryl methyl sites for hydroxylation is 1. The number of fused-ring (bicyclic) bond motifs is 3. The van der Waals surface area contributed by atoms with Crippen LogP contribution in [0.3, 0.4) is 0 Å². The minimum absolute atomic E-state index is 0.0291. The molecule has 0 fully saturated rings. The molecule has 0 bridgehead atoms. The van der Waals surface area contributed by atoms with E-state index in [1.54, 1.807) is 18.5 Å². The van der Waals surface area contributed by atoms with Crippen LogP contribution in [0, 0.1) is 0 Å². The average Bonchev–Trinajstić information content (AvgIpc) is 3.05. The van der Waals surface area contributed by atoms with Crippen LogP contribution < -0.4 is 5.32 Å². The van der Waals surface area contributed by atoms with Gasteiger partial charge in [0.05, 0.1) is 5.25 Å². The zero-order valence-corrected chi connectivity index (χ0v) is 16.7. The highest BCUT2D eigenvalue weighted by Gasteiger charge is 2.20. The summed E-state index contributed by atoms with van der Waals surface area (Å²) >= 11 is 1.39. The van der Waals surface area contributed by atoms with Gasteiger partial charge in [0.15, 0.2) is 5.16 Å². The summed E-state index contributed by atoms with van der Waals surface area (Å²) in [7, 11) is 0. The van der Waals surface area contributed by atoms with E-state index < -0.39 is 0 Å². The van der Waals surface area contributed by atoms with Gasteiger partial charge in [-0.3, -0.25) is 4.79 Å². The molecule has 0 radical (unpaired) electrons. The third-order valence-electron chi connectivity index (χ3n) is 4.81. The number of carbonyl (C=O) groups excluding carboxylic acids is 1. The number of anilines is 1. The lowest BCUT2D eigenvalue weighted by Crippen LogP contribution is -2.24. The van der Waals surface area contributed by atoms with E-state index in [1.807, 2.05) is 13.0 Å². The van der Waals surface area contributed by atoms with E-state index in [9.17, 15) is 4.79 Å². The number of aromatic nitrogens is 3. The summed E-state index contributed by atoms with van der Waals surface area (Å²) in [5.74, 6) is -0.0291. The van der Waals surface area contributed by atoms with Crippen molar-refractivity contribution in [1.29, 1.82) is 0 Å². The Morgan fingerprint density at radius 3 is 2.54 bits per heavy atom. The number of rotatable bonds is 6. The van der Waals surface area contributed by atoms with E-state index in [2.05, 4.69) is 63.2 Å². The van der Waals surface area contributed by atoms with Crippen molar-refractivity contribution >= 4 is 45.2 Å². The molecule has 1 amide bonds. The second-order valence-electron chi connectivity index (χ2n) is 6.53. The molecule has 2 aromatic carbocycles. The second-order valence-corrected chi connectivity index (χ2v) is 7.70. The van der Waals surface area contributed by atoms with Crippen LogP contribution in [0.15, 0.2) is 66.1 Å². The van der Waals surface area contributed by atoms with E-state index in [-0.39, 0.29) is 11.2 Å². The largest absolute Gasteiger partial charge is 0.341 e. The summed E-state index contributed by atoms with van der Waals surface area (Å²) in [5.41, 5.74) is 3.21. The SMILES string of the molecule is CCC(Sc1ncccn1)C(=O)Nc1ccc2c(c1)c1ccccc1n2CC. The summed E-state index contributed by atoms with van der Waals surface area (Å²) < 4.78 is 2.30. The van der Waals surface area contributed by atoms with Gasteiger partial charge in [0, 0.05) is 46.4 Å². The summed E-state index contributed by atoms with van der Waals surface area (Å²) in [5, 5.41) is 5.81. The van der Waals surface area contributed by atoms with Gasteiger partial charge in [0.2, 0.25) is 5.91 Å². The summed E-state index contributed by atoms with van der Waals surface area (Å²) in [6.07, 6.45) is 4.08. The minimum atomic E-state index is -0.241. The highest BCUT2D eigenvalue weighted by Crippen LogP contribution is 2.31. The van der Waals surface area contributed by atoms with Crippen molar-refractivity contribution in [3.05, 3.63) is 60.9 Å². The van der Waals surface area contributed by atoms with Crippen LogP contribution >= 0.6 is 11.8 Å². The Bertz CT molecular complexity index is 1120. The molecule has 5 nitrogen and oxygen atoms in total. The quantitative estimate of drug-likeness (QED) is 0.367. The van der Waals surface area contributed by atoms with Gasteiger partial charge in [-0.05, 0) is 43.7 Å². The second kappa shape index (κ2) is 8.02. The monoisotopic (exact) mass is 390 g/mol. The Labute approximate surface area is 168 Å². The topological polar surface area (TPSA) is 59.8 Å². The van der Waals surface area contributed by atoms with Gasteiger partial charge in [-0.25, -0.2) is 9.97 Å². The van der Waals surface area contributed by atoms with E-state index in [1.165, 1.54) is 28.2 Å². The first-order valence-electron chi connectivity index (χ1n) is 9.46. The van der Waals surface area contributed by atoms with Gasteiger partial charge in [-0.15, -0.1) is 0 Å². The zero-order chi connectivity index (χ0) is 19.5. The normalized spacial score (nSPS) is 12.4. The van der Waals surface area contributed by atoms with Crippen molar-refractivity contribution in [2.75, 3.05) is 5.32 Å². The lowest BCUT2D eigenvalue weighted by molar-refractivity contribution is -0.115. The first-order valence-corrected chi connectivity index (χ1v) is 10.3. The van der Waals surface area contributed by atoms with E-state index in [4.69, 9.17) is 0 Å². The maximum absolute atomic E-state index is 12.8. The number of thioether (sulfide) groups is 1. The first-order chi connectivity index (χ1) is 13.7. The highest BCUT2D eigenvalue weighted by atomic mass is 32.2. The van der Waals surface area contributed by atoms with Crippen LogP contribution in [0.5, 0.6) is 0 Å². The number of amides is 1. The van der Waals surface area contributed by atoms with E-state index in [0.717, 1.165) is 17.6 Å². The molecule has 0 aliphatic rings. The predicted octanol–water partition coefficient (Wildman–Crippen LogP) is 5.11. The number of nitrogens with one attached hydrogen (secondary N) is 1. The number of para-hydroxylation sites is 1. The molecule has 2 aromatic heterocycles. The molecule has 6 heteroatoms. The lowest BCUT2D eigenvalue weighted by atomic mass is 10.1. The molecule has 0 saturated carbocycles. The molecular formula is C22H22N4OS. The molecule has 0 aliphatic carbocycles. The third kappa shape index (κ3) is 3.47. The van der Waals surface area contributed by atoms with Crippen molar-refractivity contribution < 1.29 is 4.79 Å². The van der Waals surface area contributed by atoms with Gasteiger partial charge in [-0.2, -0.15) is 0 Å². The van der Waals surface area contributed by atoms with Crippen LogP contribution in [0.4, 0.5) is 5.69 Å². The molecule has 142 valence electrons. The highest BCUT2D eigenvalue weighted by molar-refractivity contribution is 8.00. The number of nitrogens with zero attached hydrogens (tertiary/aromatic N) is 3. The Morgan fingerprint density at radius 2 is 1.79 bits per heavy atom. The third-order valence-corrected chi connectivity index (χ3v) is 6.06. The Balaban J connectivity index is 1.62. The number of carbonyl (C=O) groups is 1. The molecular weight excluding hydrogens is 368 g/mol. The number of hydrogen-bond donors (Lipinski definition) is 1. The number of benzene rings is 2. The molecule has 0 spiro atoms. The van der Waals surface area contributed by atoms with Crippen LogP contribution in [-0.4, -0.2) is 25.7 Å². The molecule has 1 N–H and O–H groups in total. The lowest BCUT2D eigenvalue weighted by Gasteiger charge is -2.14. The van der Waals surface area contributed by atoms with Crippen molar-refractivity contribution in [2.24, 2.45) is 0 Å². The van der Waals surface area contributed by atoms with Gasteiger partial charge in [0.1, 0.15) is 0 Å². The maximum atomic E-state index is 12.8. The summed E-state index contributed by atoms with van der Waals surface area (Å²) in [6, 6.07) is 16.3. The first kappa shape index (κ1) is 18.5. The van der Waals surface area contributed by atoms with Crippen molar-refractivity contribution in [3.8, 4) is 0 Å². The van der Waals surface area contributed by atoms with E-state index in [0.29, 0.717) is 11.6 Å². The summed E-state index contributed by atoms with van der Waals surface area (Å²) in [4.78, 5) is 21.2. The van der Waals surface area contributed by atoms with Crippen LogP contribution in [0.25, 0.3) is 21.8 Å². The Hall–Kier alpha value is -2.86. The Morgan fingerprint density at radius 1 is 1.04 bits per heavy atom. The van der Waals surface area contributed by atoms with Crippen LogP contribution in [-0.2, 0) is 11.3 Å². The minimum Gasteiger partial charge on any atom is -0.341 e. The predicted molar refractivity (Wildman–Crippen MR) is 116 cm³/mol. The molecule has 4 rings (SSSR count). The molecule has 2 heterocycles. The summed E-state index contributed by atoms with van der Waals surface area (Å²) in [6.45, 7) is 5.05. The number of hydrogen-bond acceptors (Lipinski definition) is 4. The van der Waals surface area contributed by atoms with Gasteiger partial charge < -0.3 is 9.88 Å². The molecule has 0 saturated heterocycles. The van der Waals surface area contributed by atoms with Gasteiger partial charge in [-0.1, -0.05) is 36.9 Å². The zero-order valence-electron chi connectivity index (χ0n) is 15.9. The molecule has 28 heavy (non-hydrogen) atoms. The van der Waals surface area contributed by atoms with Crippen molar-refractivity contribution in [2.45, 2.75) is 37.2 Å². The average molecular weight is 391 g/mol. The molecule has 1 atom stereocenters. The van der Waals surface area contributed by atoms with Gasteiger partial charge >= 0.3 is 0 Å². The fraction of sp³-hybridized carbons (Fsp3) is 0.227. The van der Waals surface area contributed by atoms with E-state index >= 15 is 0 Å². The van der Waals surface area contributed by atoms with Crippen molar-refractivity contribution in [1.82, 2.24) is 14.5 Å². The maximum Gasteiger partial charge on any atom is 0.237 e. The van der Waals surface area contributed by atoms with Crippen LogP contribution in [0.1, 0.15) is 20.3 Å². The standard InChI is InChI=1S/C22H22N4OS/c1-3-20(28-22-23-12-7-13-24-22)21(27)25-15-10-11-19-17(14-15)16-8-5-6-9-18(16)26(19)4-2/h5-14,20H,3-4H2,1-2H3,(H,25,27). The Kier molecular flexibility index (Phi) is 5.30. The molecule has 1 unspecified atom stereocenters. The molecule has 4 aromatic rings. The van der Waals surface area contributed by atoms with Crippen LogP contribution in [0.2, 0.25) is 0 Å². The molecule has 0 aliphatic heterocycles. The fourth-order valence-electron chi connectivity index (χ4n) is 3.49. The van der Waals surface area contributed by atoms with Crippen molar-refractivity contribution in [3.63, 3.8) is 0 Å². The fourth-order valence-corrected chi connectivity index (χ4v) is 4.32. The van der Waals surface area contributed by atoms with Gasteiger partial charge in [0.25, 0.3) is 0 Å². The smallest absolute Gasteiger partial charge is 0.237 e.